The van der Waals surface area contributed by atoms with E-state index in [1.807, 2.05) is 43.3 Å². The third kappa shape index (κ3) is 5.30. The molecule has 0 radical (unpaired) electrons. The predicted octanol–water partition coefficient (Wildman–Crippen LogP) is 5.68. The number of carbonyl (C=O) groups excluding carboxylic acids is 2. The minimum Gasteiger partial charge on any atom is -0.478 e. The van der Waals surface area contributed by atoms with Crippen molar-refractivity contribution in [2.45, 2.75) is 31.7 Å². The van der Waals surface area contributed by atoms with Crippen molar-refractivity contribution in [3.05, 3.63) is 88.4 Å². The summed E-state index contributed by atoms with van der Waals surface area (Å²) in [6.07, 6.45) is -0.175. The molecule has 0 fully saturated rings. The molecule has 35 heavy (non-hydrogen) atoms. The van der Waals surface area contributed by atoms with Gasteiger partial charge in [-0.2, -0.15) is 0 Å². The normalized spacial score (nSPS) is 12.9. The second-order valence-corrected chi connectivity index (χ2v) is 8.70. The number of hydrogen-bond acceptors (Lipinski definition) is 4. The number of halogens is 1. The predicted molar refractivity (Wildman–Crippen MR) is 134 cm³/mol. The number of aromatic carboxylic acids is 1. The van der Waals surface area contributed by atoms with E-state index in [-0.39, 0.29) is 35.2 Å². The van der Waals surface area contributed by atoms with Crippen molar-refractivity contribution >= 4 is 35.3 Å². The molecular formula is C27H25ClN2O5. The Morgan fingerprint density at radius 3 is 2.20 bits per heavy atom. The van der Waals surface area contributed by atoms with Crippen LogP contribution in [0.5, 0.6) is 0 Å². The minimum atomic E-state index is -1.24. The molecule has 2 amide bonds. The van der Waals surface area contributed by atoms with Gasteiger partial charge in [-0.15, -0.1) is 0 Å². The largest absolute Gasteiger partial charge is 0.478 e. The van der Waals surface area contributed by atoms with Crippen LogP contribution in [0.25, 0.3) is 11.1 Å². The summed E-state index contributed by atoms with van der Waals surface area (Å²) in [4.78, 5) is 36.6. The highest BCUT2D eigenvalue weighted by Crippen LogP contribution is 2.44. The number of carboxylic acid groups (broad SMARTS) is 1. The van der Waals surface area contributed by atoms with Crippen molar-refractivity contribution in [2.24, 2.45) is 0 Å². The van der Waals surface area contributed by atoms with E-state index in [4.69, 9.17) is 16.3 Å². The summed E-state index contributed by atoms with van der Waals surface area (Å²) in [7, 11) is 0. The van der Waals surface area contributed by atoms with Gasteiger partial charge in [0, 0.05) is 18.4 Å². The Kier molecular flexibility index (Phi) is 7.36. The van der Waals surface area contributed by atoms with E-state index in [1.165, 1.54) is 12.1 Å². The molecular weight excluding hydrogens is 468 g/mol. The Balaban J connectivity index is 1.36. The average molecular weight is 493 g/mol. The van der Waals surface area contributed by atoms with Gasteiger partial charge in [0.2, 0.25) is 5.91 Å². The first-order valence-corrected chi connectivity index (χ1v) is 11.7. The summed E-state index contributed by atoms with van der Waals surface area (Å²) in [6.45, 7) is 2.01. The molecule has 0 saturated heterocycles. The van der Waals surface area contributed by atoms with Gasteiger partial charge in [0.25, 0.3) is 0 Å². The number of hydrogen-bond donors (Lipinski definition) is 3. The molecule has 3 aromatic rings. The van der Waals surface area contributed by atoms with Gasteiger partial charge in [-0.25, -0.2) is 9.59 Å². The highest BCUT2D eigenvalue weighted by Gasteiger charge is 2.29. The molecule has 0 bridgehead atoms. The maximum absolute atomic E-state index is 12.6. The summed E-state index contributed by atoms with van der Waals surface area (Å²) in [5, 5.41) is 14.7. The molecule has 7 nitrogen and oxygen atoms in total. The van der Waals surface area contributed by atoms with Crippen LogP contribution in [-0.4, -0.2) is 35.7 Å². The van der Waals surface area contributed by atoms with Crippen LogP contribution in [0.2, 0.25) is 5.02 Å². The molecule has 3 N–H and O–H groups in total. The Morgan fingerprint density at radius 1 is 0.971 bits per heavy atom. The lowest BCUT2D eigenvalue weighted by molar-refractivity contribution is -0.116. The number of alkyl carbamates (subject to hydrolysis) is 1. The van der Waals surface area contributed by atoms with Crippen LogP contribution in [0.4, 0.5) is 10.5 Å². The third-order valence-corrected chi connectivity index (χ3v) is 6.41. The fourth-order valence-electron chi connectivity index (χ4n) is 4.37. The number of amides is 2. The van der Waals surface area contributed by atoms with Gasteiger partial charge >= 0.3 is 12.1 Å². The van der Waals surface area contributed by atoms with Gasteiger partial charge in [-0.05, 0) is 40.8 Å². The monoisotopic (exact) mass is 492 g/mol. The zero-order valence-electron chi connectivity index (χ0n) is 19.1. The number of benzene rings is 3. The number of carboxylic acids is 1. The van der Waals surface area contributed by atoms with Crippen LogP contribution in [0.1, 0.15) is 47.2 Å². The molecule has 1 atom stereocenters. The molecule has 0 unspecified atom stereocenters. The first-order chi connectivity index (χ1) is 16.9. The van der Waals surface area contributed by atoms with Gasteiger partial charge < -0.3 is 20.5 Å². The van der Waals surface area contributed by atoms with Crippen LogP contribution < -0.4 is 10.6 Å². The lowest BCUT2D eigenvalue weighted by Crippen LogP contribution is -2.38. The van der Waals surface area contributed by atoms with Crippen molar-refractivity contribution in [1.82, 2.24) is 5.32 Å². The molecule has 1 aliphatic rings. The summed E-state index contributed by atoms with van der Waals surface area (Å²) in [5.74, 6) is -1.75. The molecule has 0 saturated carbocycles. The Morgan fingerprint density at radius 2 is 1.60 bits per heavy atom. The summed E-state index contributed by atoms with van der Waals surface area (Å²) in [6, 6.07) is 20.1. The molecule has 0 aliphatic heterocycles. The maximum atomic E-state index is 12.6. The van der Waals surface area contributed by atoms with Crippen molar-refractivity contribution in [1.29, 1.82) is 0 Å². The smallest absolute Gasteiger partial charge is 0.407 e. The van der Waals surface area contributed by atoms with E-state index >= 15 is 0 Å². The van der Waals surface area contributed by atoms with Crippen LogP contribution in [0.3, 0.4) is 0 Å². The molecule has 8 heteroatoms. The Hall–Kier alpha value is -3.84. The maximum Gasteiger partial charge on any atom is 0.407 e. The van der Waals surface area contributed by atoms with Gasteiger partial charge in [0.1, 0.15) is 12.2 Å². The second-order valence-electron chi connectivity index (χ2n) is 8.29. The van der Waals surface area contributed by atoms with Gasteiger partial charge in [0.05, 0.1) is 10.7 Å². The van der Waals surface area contributed by atoms with Crippen molar-refractivity contribution in [3.8, 4) is 11.1 Å². The zero-order chi connectivity index (χ0) is 24.9. The fraction of sp³-hybridized carbons (Fsp3) is 0.222. The number of nitrogens with one attached hydrogen (secondary N) is 2. The molecule has 0 aromatic heterocycles. The lowest BCUT2D eigenvalue weighted by Gasteiger charge is -2.19. The molecule has 0 heterocycles. The quantitative estimate of drug-likeness (QED) is 0.375. The fourth-order valence-corrected chi connectivity index (χ4v) is 4.63. The SMILES string of the molecule is CC[C@@H](CC(=O)Nc1cccc(Cl)c1C(=O)O)NC(=O)OCC1c2ccccc2-c2ccccc21. The molecule has 0 spiro atoms. The van der Waals surface area contributed by atoms with Crippen molar-refractivity contribution in [2.75, 3.05) is 11.9 Å². The third-order valence-electron chi connectivity index (χ3n) is 6.09. The number of carbonyl (C=O) groups is 3. The number of ether oxygens (including phenoxy) is 1. The van der Waals surface area contributed by atoms with Gasteiger partial charge in [-0.3, -0.25) is 4.79 Å². The van der Waals surface area contributed by atoms with E-state index in [1.54, 1.807) is 6.07 Å². The number of anilines is 1. The van der Waals surface area contributed by atoms with E-state index in [2.05, 4.69) is 22.8 Å². The Bertz CT molecular complexity index is 1230. The summed E-state index contributed by atoms with van der Waals surface area (Å²) < 4.78 is 5.56. The average Bonchev–Trinajstić information content (AvgIpc) is 3.16. The van der Waals surface area contributed by atoms with E-state index in [0.717, 1.165) is 22.3 Å². The molecule has 180 valence electrons. The number of fused-ring (bicyclic) bond motifs is 3. The Labute approximate surface area is 208 Å². The van der Waals surface area contributed by atoms with Crippen molar-refractivity contribution < 1.29 is 24.2 Å². The molecule has 4 rings (SSSR count). The first-order valence-electron chi connectivity index (χ1n) is 11.3. The first kappa shape index (κ1) is 24.3. The van der Waals surface area contributed by atoms with Crippen LogP contribution in [-0.2, 0) is 9.53 Å². The van der Waals surface area contributed by atoms with Gasteiger partial charge in [0.15, 0.2) is 0 Å². The van der Waals surface area contributed by atoms with E-state index in [0.29, 0.717) is 6.42 Å². The topological polar surface area (TPSA) is 105 Å². The standard InChI is InChI=1S/C27H25ClN2O5/c1-2-16(14-24(31)30-23-13-7-12-22(28)25(23)26(32)33)29-27(34)35-15-21-19-10-5-3-8-17(19)18-9-4-6-11-20(18)21/h3-13,16,21H,2,14-15H2,1H3,(H,29,34)(H,30,31)(H,32,33)/t16-/m0/s1. The molecule has 1 aliphatic carbocycles. The van der Waals surface area contributed by atoms with Crippen LogP contribution in [0, 0.1) is 0 Å². The van der Waals surface area contributed by atoms with Crippen LogP contribution in [0.15, 0.2) is 66.7 Å². The minimum absolute atomic E-state index is 0.0269. The highest BCUT2D eigenvalue weighted by atomic mass is 35.5. The zero-order valence-corrected chi connectivity index (χ0v) is 19.8. The summed E-state index contributed by atoms with van der Waals surface area (Å²) >= 11 is 5.96. The highest BCUT2D eigenvalue weighted by molar-refractivity contribution is 6.34. The summed E-state index contributed by atoms with van der Waals surface area (Å²) in [5.41, 5.74) is 4.43. The lowest BCUT2D eigenvalue weighted by atomic mass is 9.98. The number of rotatable bonds is 8. The molecule has 3 aromatic carbocycles. The van der Waals surface area contributed by atoms with Crippen LogP contribution >= 0.6 is 11.6 Å². The van der Waals surface area contributed by atoms with Crippen molar-refractivity contribution in [3.63, 3.8) is 0 Å². The van der Waals surface area contributed by atoms with E-state index < -0.39 is 24.0 Å². The van der Waals surface area contributed by atoms with Gasteiger partial charge in [-0.1, -0.05) is 73.1 Å². The second kappa shape index (κ2) is 10.6. The van der Waals surface area contributed by atoms with E-state index in [9.17, 15) is 19.5 Å².